The third-order valence-corrected chi connectivity index (χ3v) is 8.44. The number of carbonyl (C=O) groups is 2. The van der Waals surface area contributed by atoms with E-state index >= 15 is 0 Å². The summed E-state index contributed by atoms with van der Waals surface area (Å²) >= 11 is 0. The summed E-state index contributed by atoms with van der Waals surface area (Å²) in [5, 5.41) is 0. The SMILES string of the molecule is CCCCOC(=O)C1CCC(C2CCC([C@H]3CC[C@H](CCC)CC3)CC2)CC1=O. The normalized spacial score (nSPS) is 36.0. The number of esters is 1. The van der Waals surface area contributed by atoms with Crippen molar-refractivity contribution >= 4 is 11.8 Å². The van der Waals surface area contributed by atoms with Crippen LogP contribution in [0.3, 0.4) is 0 Å². The zero-order valence-corrected chi connectivity index (χ0v) is 19.0. The van der Waals surface area contributed by atoms with E-state index in [1.165, 1.54) is 64.2 Å². The lowest BCUT2D eigenvalue weighted by atomic mass is 9.64. The summed E-state index contributed by atoms with van der Waals surface area (Å²) in [6, 6.07) is 0. The molecule has 0 heterocycles. The standard InChI is InChI=1S/C26H44O3/c1-3-5-17-29-26(28)24-16-15-23(18-25(24)27)22-13-11-21(12-14-22)20-9-7-19(6-4-2)8-10-20/h19-24H,3-18H2,1-2H3/t19-,20-,21?,22?,23?,24?. The topological polar surface area (TPSA) is 43.4 Å². The Balaban J connectivity index is 1.38. The molecule has 3 aliphatic rings. The summed E-state index contributed by atoms with van der Waals surface area (Å²) in [4.78, 5) is 24.8. The number of ketones is 1. The Kier molecular flexibility index (Phi) is 9.06. The van der Waals surface area contributed by atoms with E-state index in [1.54, 1.807) is 0 Å². The van der Waals surface area contributed by atoms with Crippen LogP contribution >= 0.6 is 0 Å². The van der Waals surface area contributed by atoms with Crippen molar-refractivity contribution in [3.8, 4) is 0 Å². The summed E-state index contributed by atoms with van der Waals surface area (Å²) in [6.07, 6.45) is 18.3. The van der Waals surface area contributed by atoms with E-state index in [4.69, 9.17) is 4.74 Å². The van der Waals surface area contributed by atoms with Crippen LogP contribution in [0, 0.1) is 35.5 Å². The quantitative estimate of drug-likeness (QED) is 0.256. The Bertz CT molecular complexity index is 512. The molecule has 0 amide bonds. The first kappa shape index (κ1) is 22.8. The second-order valence-corrected chi connectivity index (χ2v) is 10.3. The highest BCUT2D eigenvalue weighted by Gasteiger charge is 2.39. The van der Waals surface area contributed by atoms with E-state index < -0.39 is 5.92 Å². The first-order valence-corrected chi connectivity index (χ1v) is 12.8. The zero-order chi connectivity index (χ0) is 20.6. The molecule has 3 fully saturated rings. The fraction of sp³-hybridized carbons (Fsp3) is 0.923. The minimum Gasteiger partial charge on any atom is -0.465 e. The van der Waals surface area contributed by atoms with Gasteiger partial charge in [-0.15, -0.1) is 0 Å². The van der Waals surface area contributed by atoms with Crippen LogP contribution in [0.4, 0.5) is 0 Å². The summed E-state index contributed by atoms with van der Waals surface area (Å²) in [7, 11) is 0. The number of rotatable bonds is 8. The number of hydrogen-bond donors (Lipinski definition) is 0. The Hall–Kier alpha value is -0.860. The Morgan fingerprint density at radius 1 is 0.793 bits per heavy atom. The van der Waals surface area contributed by atoms with Gasteiger partial charge in [-0.1, -0.05) is 46.0 Å². The molecule has 3 heteroatoms. The predicted octanol–water partition coefficient (Wildman–Crippen LogP) is 6.73. The lowest BCUT2D eigenvalue weighted by molar-refractivity contribution is -0.154. The summed E-state index contributed by atoms with van der Waals surface area (Å²) in [5.41, 5.74) is 0. The molecule has 0 spiro atoms. The second-order valence-electron chi connectivity index (χ2n) is 10.3. The molecule has 3 saturated carbocycles. The van der Waals surface area contributed by atoms with Gasteiger partial charge in [-0.3, -0.25) is 9.59 Å². The minimum atomic E-state index is -0.474. The van der Waals surface area contributed by atoms with Gasteiger partial charge in [-0.05, 0) is 87.4 Å². The summed E-state index contributed by atoms with van der Waals surface area (Å²) in [6.45, 7) is 4.87. The van der Waals surface area contributed by atoms with Crippen molar-refractivity contribution < 1.29 is 14.3 Å². The maximum absolute atomic E-state index is 12.6. The molecule has 0 N–H and O–H groups in total. The van der Waals surface area contributed by atoms with Crippen LogP contribution in [0.1, 0.15) is 110 Å². The average molecular weight is 405 g/mol. The van der Waals surface area contributed by atoms with Crippen molar-refractivity contribution in [1.29, 1.82) is 0 Å². The van der Waals surface area contributed by atoms with Crippen LogP contribution in [0.2, 0.25) is 0 Å². The zero-order valence-electron chi connectivity index (χ0n) is 19.0. The monoisotopic (exact) mass is 404 g/mol. The van der Waals surface area contributed by atoms with Gasteiger partial charge in [-0.25, -0.2) is 0 Å². The Labute approximate surface area is 178 Å². The lowest BCUT2D eigenvalue weighted by Gasteiger charge is -2.41. The largest absolute Gasteiger partial charge is 0.465 e. The highest BCUT2D eigenvalue weighted by atomic mass is 16.5. The molecule has 3 rings (SSSR count). The second kappa shape index (κ2) is 11.5. The number of hydrogen-bond acceptors (Lipinski definition) is 3. The number of Topliss-reactive ketones (excluding diaryl/α,β-unsaturated/α-hetero) is 1. The number of ether oxygens (including phenoxy) is 1. The summed E-state index contributed by atoms with van der Waals surface area (Å²) in [5.74, 6) is 3.56. The molecular weight excluding hydrogens is 360 g/mol. The van der Waals surface area contributed by atoms with Gasteiger partial charge in [0.1, 0.15) is 11.7 Å². The first-order valence-electron chi connectivity index (χ1n) is 12.8. The van der Waals surface area contributed by atoms with Gasteiger partial charge in [0.05, 0.1) is 6.61 Å². The fourth-order valence-electron chi connectivity index (χ4n) is 6.56. The molecule has 0 bridgehead atoms. The Morgan fingerprint density at radius 3 is 1.90 bits per heavy atom. The van der Waals surface area contributed by atoms with Crippen molar-refractivity contribution in [1.82, 2.24) is 0 Å². The van der Waals surface area contributed by atoms with Crippen molar-refractivity contribution in [2.45, 2.75) is 110 Å². The van der Waals surface area contributed by atoms with Crippen molar-refractivity contribution in [3.05, 3.63) is 0 Å². The average Bonchev–Trinajstić information content (AvgIpc) is 2.75. The van der Waals surface area contributed by atoms with Crippen LogP contribution in [-0.4, -0.2) is 18.4 Å². The van der Waals surface area contributed by atoms with Gasteiger partial charge in [0.25, 0.3) is 0 Å². The highest BCUT2D eigenvalue weighted by molar-refractivity contribution is 5.99. The molecule has 2 unspecified atom stereocenters. The van der Waals surface area contributed by atoms with Crippen molar-refractivity contribution in [2.24, 2.45) is 35.5 Å². The van der Waals surface area contributed by atoms with Crippen LogP contribution in [0.25, 0.3) is 0 Å². The minimum absolute atomic E-state index is 0.152. The van der Waals surface area contributed by atoms with Crippen LogP contribution in [-0.2, 0) is 14.3 Å². The van der Waals surface area contributed by atoms with Crippen LogP contribution in [0.15, 0.2) is 0 Å². The molecule has 3 nitrogen and oxygen atoms in total. The Morgan fingerprint density at radius 2 is 1.34 bits per heavy atom. The van der Waals surface area contributed by atoms with Gasteiger partial charge in [-0.2, -0.15) is 0 Å². The molecule has 2 atom stereocenters. The molecule has 0 radical (unpaired) electrons. The summed E-state index contributed by atoms with van der Waals surface area (Å²) < 4.78 is 5.32. The molecule has 0 saturated heterocycles. The van der Waals surface area contributed by atoms with E-state index in [0.29, 0.717) is 24.9 Å². The van der Waals surface area contributed by atoms with Crippen LogP contribution in [0.5, 0.6) is 0 Å². The molecule has 0 aromatic rings. The van der Waals surface area contributed by atoms with Crippen molar-refractivity contribution in [3.63, 3.8) is 0 Å². The van der Waals surface area contributed by atoms with E-state index in [1.807, 2.05) is 0 Å². The predicted molar refractivity (Wildman–Crippen MR) is 118 cm³/mol. The van der Waals surface area contributed by atoms with Gasteiger partial charge in [0, 0.05) is 6.42 Å². The molecule has 0 aromatic carbocycles. The number of carbonyl (C=O) groups excluding carboxylic acids is 2. The van der Waals surface area contributed by atoms with Gasteiger partial charge in [0.15, 0.2) is 0 Å². The van der Waals surface area contributed by atoms with Crippen molar-refractivity contribution in [2.75, 3.05) is 6.61 Å². The molecule has 0 aliphatic heterocycles. The number of unbranched alkanes of at least 4 members (excludes halogenated alkanes) is 1. The molecule has 0 aromatic heterocycles. The van der Waals surface area contributed by atoms with Gasteiger partial charge < -0.3 is 4.74 Å². The fourth-order valence-corrected chi connectivity index (χ4v) is 6.56. The smallest absolute Gasteiger partial charge is 0.316 e. The molecule has 3 aliphatic carbocycles. The molecule has 166 valence electrons. The van der Waals surface area contributed by atoms with Crippen LogP contribution < -0.4 is 0 Å². The first-order chi connectivity index (χ1) is 14.1. The lowest BCUT2D eigenvalue weighted by Crippen LogP contribution is -2.36. The maximum Gasteiger partial charge on any atom is 0.316 e. The van der Waals surface area contributed by atoms with E-state index in [-0.39, 0.29) is 11.8 Å². The maximum atomic E-state index is 12.6. The van der Waals surface area contributed by atoms with Gasteiger partial charge >= 0.3 is 5.97 Å². The molecule has 29 heavy (non-hydrogen) atoms. The third-order valence-electron chi connectivity index (χ3n) is 8.44. The molecular formula is C26H44O3. The van der Waals surface area contributed by atoms with E-state index in [0.717, 1.165) is 43.4 Å². The van der Waals surface area contributed by atoms with E-state index in [2.05, 4.69) is 13.8 Å². The van der Waals surface area contributed by atoms with E-state index in [9.17, 15) is 9.59 Å². The third kappa shape index (κ3) is 6.31. The highest BCUT2D eigenvalue weighted by Crippen LogP contribution is 2.45. The van der Waals surface area contributed by atoms with Gasteiger partial charge in [0.2, 0.25) is 0 Å².